The third kappa shape index (κ3) is 2.35. The highest BCUT2D eigenvalue weighted by Crippen LogP contribution is 2.30. The topological polar surface area (TPSA) is 50.4 Å². The zero-order chi connectivity index (χ0) is 12.5. The second kappa shape index (κ2) is 4.17. The summed E-state index contributed by atoms with van der Waals surface area (Å²) in [4.78, 5) is 11.0. The van der Waals surface area contributed by atoms with Gasteiger partial charge < -0.3 is 4.74 Å². The van der Waals surface area contributed by atoms with Crippen LogP contribution in [0.2, 0.25) is 5.02 Å². The normalized spacial score (nSPS) is 11.3. The molecule has 1 aromatic rings. The Morgan fingerprint density at radius 2 is 2.12 bits per heavy atom. The van der Waals surface area contributed by atoms with Crippen molar-refractivity contribution >= 4 is 17.6 Å². The number of hydrogen-bond donors (Lipinski definition) is 1. The molecule has 88 valence electrons. The number of rotatable bonds is 1. The smallest absolute Gasteiger partial charge is 0.422 e. The zero-order valence-corrected chi connectivity index (χ0v) is 8.63. The summed E-state index contributed by atoms with van der Waals surface area (Å²) < 4.78 is 41.0. The highest BCUT2D eigenvalue weighted by molar-refractivity contribution is 6.33. The van der Waals surface area contributed by atoms with Gasteiger partial charge in [-0.3, -0.25) is 5.21 Å². The number of hydrogen-bond acceptors (Lipinski definition) is 3. The fourth-order valence-electron chi connectivity index (χ4n) is 0.991. The van der Waals surface area contributed by atoms with Gasteiger partial charge in [-0.15, -0.1) is 0 Å². The molecule has 0 aliphatic heterocycles. The standard InChI is InChI=1S/C8H6ClF3NO3/c1-16-7(14)6-5(9)2-4(3-13(6)15)8(10,11)12/h2-3,15H,1H3/q+1. The van der Waals surface area contributed by atoms with Gasteiger partial charge in [0.1, 0.15) is 10.6 Å². The van der Waals surface area contributed by atoms with E-state index in [2.05, 4.69) is 4.74 Å². The molecular formula is C8H6ClF3NO3+. The molecule has 0 aliphatic rings. The summed E-state index contributed by atoms with van der Waals surface area (Å²) in [5, 5.41) is 8.62. The van der Waals surface area contributed by atoms with Crippen LogP contribution in [0.5, 0.6) is 0 Å². The van der Waals surface area contributed by atoms with Crippen molar-refractivity contribution in [3.05, 3.63) is 28.5 Å². The highest BCUT2D eigenvalue weighted by Gasteiger charge is 2.37. The van der Waals surface area contributed by atoms with Gasteiger partial charge in [-0.05, 0) is 6.07 Å². The van der Waals surface area contributed by atoms with Crippen LogP contribution in [0.3, 0.4) is 0 Å². The van der Waals surface area contributed by atoms with Crippen LogP contribution in [0.4, 0.5) is 13.2 Å². The van der Waals surface area contributed by atoms with Crippen molar-refractivity contribution in [1.82, 2.24) is 0 Å². The van der Waals surface area contributed by atoms with Crippen LogP contribution in [0, 0.1) is 0 Å². The van der Waals surface area contributed by atoms with E-state index in [0.717, 1.165) is 7.11 Å². The van der Waals surface area contributed by atoms with Crippen LogP contribution < -0.4 is 4.73 Å². The van der Waals surface area contributed by atoms with Crippen molar-refractivity contribution < 1.29 is 32.6 Å². The SMILES string of the molecule is COC(=O)c1c(Cl)cc(C(F)(F)F)c[n+]1O. The van der Waals surface area contributed by atoms with E-state index in [1.807, 2.05) is 0 Å². The third-order valence-electron chi connectivity index (χ3n) is 1.70. The first-order chi connectivity index (χ1) is 7.27. The maximum Gasteiger partial charge on any atom is 0.422 e. The first kappa shape index (κ1) is 12.6. The van der Waals surface area contributed by atoms with Crippen molar-refractivity contribution in [2.75, 3.05) is 7.11 Å². The number of alkyl halides is 3. The number of carbonyl (C=O) groups excluding carboxylic acids is 1. The van der Waals surface area contributed by atoms with Gasteiger partial charge in [0, 0.05) is 4.73 Å². The van der Waals surface area contributed by atoms with Gasteiger partial charge in [0.05, 0.1) is 7.11 Å². The molecular weight excluding hydrogens is 251 g/mol. The Morgan fingerprint density at radius 3 is 2.50 bits per heavy atom. The van der Waals surface area contributed by atoms with Crippen LogP contribution in [-0.2, 0) is 10.9 Å². The number of halogens is 4. The average Bonchev–Trinajstić information content (AvgIpc) is 2.14. The molecule has 16 heavy (non-hydrogen) atoms. The van der Waals surface area contributed by atoms with Crippen LogP contribution in [-0.4, -0.2) is 18.3 Å². The monoisotopic (exact) mass is 256 g/mol. The van der Waals surface area contributed by atoms with Crippen LogP contribution in [0.25, 0.3) is 0 Å². The molecule has 0 atom stereocenters. The fourth-order valence-corrected chi connectivity index (χ4v) is 1.27. The Balaban J connectivity index is 3.34. The van der Waals surface area contributed by atoms with Crippen LogP contribution in [0.1, 0.15) is 16.1 Å². The summed E-state index contributed by atoms with van der Waals surface area (Å²) in [5.74, 6) is -1.04. The molecule has 0 fully saturated rings. The van der Waals surface area contributed by atoms with E-state index in [4.69, 9.17) is 16.8 Å². The number of esters is 1. The molecule has 4 nitrogen and oxygen atoms in total. The molecule has 1 aromatic heterocycles. The Kier molecular flexibility index (Phi) is 3.27. The number of aromatic nitrogens is 1. The molecule has 0 radical (unpaired) electrons. The minimum Gasteiger partial charge on any atom is -0.461 e. The molecule has 0 saturated carbocycles. The van der Waals surface area contributed by atoms with Crippen molar-refractivity contribution in [2.45, 2.75) is 6.18 Å². The van der Waals surface area contributed by atoms with E-state index in [9.17, 15) is 18.0 Å². The van der Waals surface area contributed by atoms with Crippen molar-refractivity contribution in [2.24, 2.45) is 0 Å². The Hall–Kier alpha value is -1.50. The first-order valence-corrected chi connectivity index (χ1v) is 4.25. The Bertz CT molecular complexity index is 410. The Morgan fingerprint density at radius 1 is 1.56 bits per heavy atom. The molecule has 0 spiro atoms. The second-order valence-electron chi connectivity index (χ2n) is 2.76. The molecule has 1 rings (SSSR count). The molecule has 0 saturated heterocycles. The summed E-state index contributed by atoms with van der Waals surface area (Å²) in [5.41, 5.74) is -1.75. The van der Waals surface area contributed by atoms with E-state index < -0.39 is 28.4 Å². The van der Waals surface area contributed by atoms with Crippen LogP contribution >= 0.6 is 11.6 Å². The largest absolute Gasteiger partial charge is 0.461 e. The number of ether oxygens (including phenoxy) is 1. The summed E-state index contributed by atoms with van der Waals surface area (Å²) in [7, 11) is 1.01. The minimum absolute atomic E-state index is 0.0169. The summed E-state index contributed by atoms with van der Waals surface area (Å²) in [6.45, 7) is 0. The van der Waals surface area contributed by atoms with Crippen molar-refractivity contribution in [3.63, 3.8) is 0 Å². The Labute approximate surface area is 92.8 Å². The molecule has 0 amide bonds. The lowest BCUT2D eigenvalue weighted by atomic mass is 10.2. The summed E-state index contributed by atoms with van der Waals surface area (Å²) in [6, 6.07) is 0.528. The number of methoxy groups -OCH3 is 1. The molecule has 1 heterocycles. The predicted octanol–water partition coefficient (Wildman–Crippen LogP) is 1.67. The lowest BCUT2D eigenvalue weighted by Gasteiger charge is -2.05. The van der Waals surface area contributed by atoms with Gasteiger partial charge in [-0.2, -0.15) is 13.2 Å². The van der Waals surface area contributed by atoms with Crippen molar-refractivity contribution in [1.29, 1.82) is 0 Å². The van der Waals surface area contributed by atoms with E-state index >= 15 is 0 Å². The quantitative estimate of drug-likeness (QED) is 0.472. The molecule has 8 heteroatoms. The van der Waals surface area contributed by atoms with Gasteiger partial charge in [0.15, 0.2) is 0 Å². The van der Waals surface area contributed by atoms with Crippen molar-refractivity contribution in [3.8, 4) is 0 Å². The van der Waals surface area contributed by atoms with Crippen LogP contribution in [0.15, 0.2) is 12.3 Å². The molecule has 0 aromatic carbocycles. The van der Waals surface area contributed by atoms with E-state index in [1.54, 1.807) is 0 Å². The summed E-state index contributed by atoms with van der Waals surface area (Å²) in [6.07, 6.45) is -4.33. The van der Waals surface area contributed by atoms with E-state index in [0.29, 0.717) is 12.3 Å². The highest BCUT2D eigenvalue weighted by atomic mass is 35.5. The van der Waals surface area contributed by atoms with Gasteiger partial charge in [-0.25, -0.2) is 4.79 Å². The maximum atomic E-state index is 12.3. The average molecular weight is 257 g/mol. The van der Waals surface area contributed by atoms with Gasteiger partial charge in [-0.1, -0.05) is 11.6 Å². The zero-order valence-electron chi connectivity index (χ0n) is 7.88. The summed E-state index contributed by atoms with van der Waals surface area (Å²) >= 11 is 5.43. The minimum atomic E-state index is -4.66. The lowest BCUT2D eigenvalue weighted by molar-refractivity contribution is -0.906. The number of nitrogens with zero attached hydrogens (tertiary/aromatic N) is 1. The molecule has 1 N–H and O–H groups in total. The third-order valence-corrected chi connectivity index (χ3v) is 1.99. The molecule has 0 unspecified atom stereocenters. The second-order valence-corrected chi connectivity index (χ2v) is 3.17. The van der Waals surface area contributed by atoms with Gasteiger partial charge in [0.2, 0.25) is 6.20 Å². The molecule has 0 bridgehead atoms. The fraction of sp³-hybridized carbons (Fsp3) is 0.250. The number of pyridine rings is 1. The first-order valence-electron chi connectivity index (χ1n) is 3.87. The number of carbonyl (C=O) groups is 1. The maximum absolute atomic E-state index is 12.3. The van der Waals surface area contributed by atoms with Gasteiger partial charge in [0.25, 0.3) is 0 Å². The van der Waals surface area contributed by atoms with E-state index in [-0.39, 0.29) is 4.73 Å². The predicted molar refractivity (Wildman–Crippen MR) is 45.2 cm³/mol. The lowest BCUT2D eigenvalue weighted by Crippen LogP contribution is -2.39. The van der Waals surface area contributed by atoms with Gasteiger partial charge >= 0.3 is 17.8 Å². The van der Waals surface area contributed by atoms with E-state index in [1.165, 1.54) is 0 Å². The molecule has 0 aliphatic carbocycles.